The Bertz CT molecular complexity index is 711. The molecule has 0 radical (unpaired) electrons. The van der Waals surface area contributed by atoms with E-state index in [1.54, 1.807) is 12.4 Å². The van der Waals surface area contributed by atoms with Crippen molar-refractivity contribution in [3.8, 4) is 0 Å². The molecule has 0 fully saturated rings. The van der Waals surface area contributed by atoms with E-state index in [4.69, 9.17) is 0 Å². The molecule has 1 aromatic heterocycles. The van der Waals surface area contributed by atoms with Crippen molar-refractivity contribution in [2.45, 2.75) is 27.2 Å². The number of anilines is 1. The molecule has 3 heteroatoms. The average Bonchev–Trinajstić information content (AvgIpc) is 2.48. The van der Waals surface area contributed by atoms with E-state index in [-0.39, 0.29) is 0 Å². The van der Waals surface area contributed by atoms with E-state index in [0.29, 0.717) is 0 Å². The quantitative estimate of drug-likeness (QED) is 0.801. The SMILES string of the molecule is C=C/C=C(\C=C(/C)CC)Nc1ncnc2ccc(C)cc12. The molecule has 0 bridgehead atoms. The summed E-state index contributed by atoms with van der Waals surface area (Å²) in [5.74, 6) is 0.817. The molecule has 0 amide bonds. The van der Waals surface area contributed by atoms with Crippen molar-refractivity contribution in [2.75, 3.05) is 5.32 Å². The number of allylic oxidation sites excluding steroid dienone is 4. The molecule has 21 heavy (non-hydrogen) atoms. The van der Waals surface area contributed by atoms with Crippen molar-refractivity contribution >= 4 is 16.7 Å². The third-order valence-corrected chi connectivity index (χ3v) is 3.31. The monoisotopic (exact) mass is 279 g/mol. The molecule has 1 N–H and O–H groups in total. The topological polar surface area (TPSA) is 37.8 Å². The first kappa shape index (κ1) is 15.0. The molecule has 0 saturated heterocycles. The zero-order valence-corrected chi connectivity index (χ0v) is 12.9. The molecular formula is C18H21N3. The lowest BCUT2D eigenvalue weighted by Gasteiger charge is -2.10. The normalized spacial score (nSPS) is 12.5. The second-order valence-electron chi connectivity index (χ2n) is 5.07. The molecule has 0 aliphatic carbocycles. The van der Waals surface area contributed by atoms with Crippen LogP contribution in [0.25, 0.3) is 10.9 Å². The molecule has 1 aromatic carbocycles. The second kappa shape index (κ2) is 6.84. The van der Waals surface area contributed by atoms with Gasteiger partial charge in [-0.1, -0.05) is 36.8 Å². The van der Waals surface area contributed by atoms with Crippen molar-refractivity contribution in [1.29, 1.82) is 0 Å². The van der Waals surface area contributed by atoms with Gasteiger partial charge in [0.15, 0.2) is 0 Å². The van der Waals surface area contributed by atoms with Crippen molar-refractivity contribution in [3.63, 3.8) is 0 Å². The van der Waals surface area contributed by atoms with Crippen LogP contribution in [0.5, 0.6) is 0 Å². The van der Waals surface area contributed by atoms with E-state index in [2.05, 4.69) is 60.8 Å². The average molecular weight is 279 g/mol. The minimum Gasteiger partial charge on any atom is -0.340 e. The predicted molar refractivity (Wildman–Crippen MR) is 90.2 cm³/mol. The van der Waals surface area contributed by atoms with Crippen LogP contribution in [-0.2, 0) is 0 Å². The van der Waals surface area contributed by atoms with Crippen LogP contribution < -0.4 is 5.32 Å². The maximum atomic E-state index is 4.38. The summed E-state index contributed by atoms with van der Waals surface area (Å²) in [7, 11) is 0. The number of fused-ring (bicyclic) bond motifs is 1. The Morgan fingerprint density at radius 1 is 1.33 bits per heavy atom. The van der Waals surface area contributed by atoms with Gasteiger partial charge in [0.1, 0.15) is 12.1 Å². The molecule has 1 heterocycles. The van der Waals surface area contributed by atoms with Crippen molar-refractivity contribution in [2.24, 2.45) is 0 Å². The Hall–Kier alpha value is -2.42. The molecule has 0 spiro atoms. The number of aromatic nitrogens is 2. The number of hydrogen-bond acceptors (Lipinski definition) is 3. The van der Waals surface area contributed by atoms with Crippen molar-refractivity contribution < 1.29 is 0 Å². The van der Waals surface area contributed by atoms with Gasteiger partial charge in [0.2, 0.25) is 0 Å². The Balaban J connectivity index is 2.44. The molecule has 0 aliphatic rings. The molecule has 2 rings (SSSR count). The zero-order chi connectivity index (χ0) is 15.2. The van der Waals surface area contributed by atoms with E-state index in [1.165, 1.54) is 11.1 Å². The summed E-state index contributed by atoms with van der Waals surface area (Å²) < 4.78 is 0. The fourth-order valence-corrected chi connectivity index (χ4v) is 2.03. The van der Waals surface area contributed by atoms with Gasteiger partial charge in [-0.15, -0.1) is 0 Å². The molecule has 0 saturated carbocycles. The second-order valence-corrected chi connectivity index (χ2v) is 5.07. The molecule has 0 atom stereocenters. The van der Waals surface area contributed by atoms with Crippen LogP contribution in [-0.4, -0.2) is 9.97 Å². The van der Waals surface area contributed by atoms with E-state index in [1.807, 2.05) is 12.1 Å². The van der Waals surface area contributed by atoms with Gasteiger partial charge in [-0.2, -0.15) is 0 Å². The summed E-state index contributed by atoms with van der Waals surface area (Å²) in [6.07, 6.45) is 8.44. The van der Waals surface area contributed by atoms with Crippen LogP contribution in [0.2, 0.25) is 0 Å². The number of nitrogens with one attached hydrogen (secondary N) is 1. The highest BCUT2D eigenvalue weighted by molar-refractivity contribution is 5.90. The van der Waals surface area contributed by atoms with Gasteiger partial charge in [0.25, 0.3) is 0 Å². The maximum Gasteiger partial charge on any atom is 0.141 e. The summed E-state index contributed by atoms with van der Waals surface area (Å²) in [6, 6.07) is 6.17. The molecule has 108 valence electrons. The molecule has 3 nitrogen and oxygen atoms in total. The fourth-order valence-electron chi connectivity index (χ4n) is 2.03. The Morgan fingerprint density at radius 3 is 2.86 bits per heavy atom. The van der Waals surface area contributed by atoms with Crippen LogP contribution >= 0.6 is 0 Å². The van der Waals surface area contributed by atoms with Gasteiger partial charge in [-0.05, 0) is 44.6 Å². The number of rotatable bonds is 5. The van der Waals surface area contributed by atoms with Crippen molar-refractivity contribution in [1.82, 2.24) is 9.97 Å². The first-order valence-electron chi connectivity index (χ1n) is 7.12. The highest BCUT2D eigenvalue weighted by Crippen LogP contribution is 2.22. The van der Waals surface area contributed by atoms with Gasteiger partial charge in [0.05, 0.1) is 5.52 Å². The highest BCUT2D eigenvalue weighted by atomic mass is 15.0. The van der Waals surface area contributed by atoms with Gasteiger partial charge in [-0.25, -0.2) is 9.97 Å². The Labute approximate surface area is 126 Å². The smallest absolute Gasteiger partial charge is 0.141 e. The molecule has 0 unspecified atom stereocenters. The Kier molecular flexibility index (Phi) is 4.88. The minimum atomic E-state index is 0.817. The van der Waals surface area contributed by atoms with Crippen LogP contribution in [0.4, 0.5) is 5.82 Å². The molecule has 0 aliphatic heterocycles. The lowest BCUT2D eigenvalue weighted by Crippen LogP contribution is -2.01. The summed E-state index contributed by atoms with van der Waals surface area (Å²) in [5, 5.41) is 4.40. The van der Waals surface area contributed by atoms with E-state index < -0.39 is 0 Å². The fraction of sp³-hybridized carbons (Fsp3) is 0.222. The standard InChI is InChI=1S/C18H21N3/c1-5-7-15(10-13(3)6-2)21-18-16-11-14(4)8-9-17(16)19-12-20-18/h5,7-12H,1,6H2,2-4H3,(H,19,20,21)/b13-10+,15-7+. The van der Waals surface area contributed by atoms with E-state index in [0.717, 1.165) is 28.8 Å². The summed E-state index contributed by atoms with van der Waals surface area (Å²) >= 11 is 0. The number of aryl methyl sites for hydroxylation is 1. The molecule has 2 aromatic rings. The largest absolute Gasteiger partial charge is 0.340 e. The predicted octanol–water partition coefficient (Wildman–Crippen LogP) is 4.78. The van der Waals surface area contributed by atoms with Crippen LogP contribution in [0.3, 0.4) is 0 Å². The molecular weight excluding hydrogens is 258 g/mol. The minimum absolute atomic E-state index is 0.817. The lowest BCUT2D eigenvalue weighted by atomic mass is 10.1. The first-order valence-corrected chi connectivity index (χ1v) is 7.12. The van der Waals surface area contributed by atoms with E-state index in [9.17, 15) is 0 Å². The third-order valence-electron chi connectivity index (χ3n) is 3.31. The number of hydrogen-bond donors (Lipinski definition) is 1. The van der Waals surface area contributed by atoms with Crippen LogP contribution in [0, 0.1) is 6.92 Å². The number of nitrogens with zero attached hydrogens (tertiary/aromatic N) is 2. The first-order chi connectivity index (χ1) is 10.1. The van der Waals surface area contributed by atoms with Gasteiger partial charge >= 0.3 is 0 Å². The number of benzene rings is 1. The van der Waals surface area contributed by atoms with Crippen molar-refractivity contribution in [3.05, 3.63) is 66.2 Å². The Morgan fingerprint density at radius 2 is 2.14 bits per heavy atom. The van der Waals surface area contributed by atoms with Crippen LogP contribution in [0.15, 0.2) is 60.6 Å². The summed E-state index contributed by atoms with van der Waals surface area (Å²) in [6.45, 7) is 10.1. The van der Waals surface area contributed by atoms with Gasteiger partial charge in [0, 0.05) is 11.1 Å². The summed E-state index contributed by atoms with van der Waals surface area (Å²) in [5.41, 5.74) is 4.40. The van der Waals surface area contributed by atoms with Gasteiger partial charge < -0.3 is 5.32 Å². The zero-order valence-electron chi connectivity index (χ0n) is 12.9. The van der Waals surface area contributed by atoms with Crippen LogP contribution in [0.1, 0.15) is 25.8 Å². The maximum absolute atomic E-state index is 4.38. The van der Waals surface area contributed by atoms with E-state index >= 15 is 0 Å². The highest BCUT2D eigenvalue weighted by Gasteiger charge is 2.04. The third kappa shape index (κ3) is 3.78. The lowest BCUT2D eigenvalue weighted by molar-refractivity contribution is 1.09. The van der Waals surface area contributed by atoms with Gasteiger partial charge in [-0.3, -0.25) is 0 Å². The summed E-state index contributed by atoms with van der Waals surface area (Å²) in [4.78, 5) is 8.68.